The normalized spacial score (nSPS) is 18.2. The molecule has 0 aromatic carbocycles. The zero-order valence-corrected chi connectivity index (χ0v) is 7.34. The van der Waals surface area contributed by atoms with Gasteiger partial charge in [0, 0.05) is 0 Å². The maximum Gasteiger partial charge on any atom is 0.0723 e. The second kappa shape index (κ2) is 4.55. The van der Waals surface area contributed by atoms with E-state index >= 15 is 0 Å². The number of hydrogen-bond donors (Lipinski definition) is 1. The number of allylic oxidation sites excluding steroid dienone is 1. The SMILES string of the molecule is CCCCCC(O)C=C1CC1. The van der Waals surface area contributed by atoms with Gasteiger partial charge in [-0.25, -0.2) is 0 Å². The van der Waals surface area contributed by atoms with Crippen molar-refractivity contribution in [2.24, 2.45) is 0 Å². The molecule has 0 radical (unpaired) electrons. The number of unbranched alkanes of at least 4 members (excludes halogenated alkanes) is 2. The van der Waals surface area contributed by atoms with Crippen LogP contribution in [0.3, 0.4) is 0 Å². The van der Waals surface area contributed by atoms with Crippen molar-refractivity contribution < 1.29 is 5.11 Å². The van der Waals surface area contributed by atoms with Crippen LogP contribution in [0.15, 0.2) is 11.6 Å². The molecular formula is C10H18O. The van der Waals surface area contributed by atoms with E-state index in [1.165, 1.54) is 37.7 Å². The smallest absolute Gasteiger partial charge is 0.0723 e. The maximum absolute atomic E-state index is 9.41. The molecule has 0 amide bonds. The maximum atomic E-state index is 9.41. The third kappa shape index (κ3) is 4.20. The monoisotopic (exact) mass is 154 g/mol. The lowest BCUT2D eigenvalue weighted by Gasteiger charge is -2.03. The van der Waals surface area contributed by atoms with E-state index in [1.807, 2.05) is 6.08 Å². The summed E-state index contributed by atoms with van der Waals surface area (Å²) in [7, 11) is 0. The summed E-state index contributed by atoms with van der Waals surface area (Å²) in [6.45, 7) is 2.19. The summed E-state index contributed by atoms with van der Waals surface area (Å²) in [5.74, 6) is 0. The van der Waals surface area contributed by atoms with Crippen molar-refractivity contribution in [2.75, 3.05) is 0 Å². The fraction of sp³-hybridized carbons (Fsp3) is 0.800. The molecule has 0 aromatic rings. The molecule has 1 aliphatic carbocycles. The minimum atomic E-state index is -0.154. The summed E-state index contributed by atoms with van der Waals surface area (Å²) in [5.41, 5.74) is 1.45. The lowest BCUT2D eigenvalue weighted by Crippen LogP contribution is -2.00. The molecule has 1 heteroatoms. The Kier molecular flexibility index (Phi) is 3.64. The second-order valence-electron chi connectivity index (χ2n) is 3.39. The first-order valence-electron chi connectivity index (χ1n) is 4.70. The zero-order valence-electron chi connectivity index (χ0n) is 7.34. The highest BCUT2D eigenvalue weighted by molar-refractivity contribution is 5.17. The van der Waals surface area contributed by atoms with Gasteiger partial charge in [0.25, 0.3) is 0 Å². The van der Waals surface area contributed by atoms with Gasteiger partial charge in [-0.15, -0.1) is 0 Å². The molecule has 0 aliphatic heterocycles. The van der Waals surface area contributed by atoms with E-state index in [4.69, 9.17) is 0 Å². The van der Waals surface area contributed by atoms with Crippen LogP contribution in [0.25, 0.3) is 0 Å². The highest BCUT2D eigenvalue weighted by Gasteiger charge is 2.12. The molecule has 1 atom stereocenters. The summed E-state index contributed by atoms with van der Waals surface area (Å²) in [4.78, 5) is 0. The number of aliphatic hydroxyl groups excluding tert-OH is 1. The van der Waals surface area contributed by atoms with Crippen LogP contribution >= 0.6 is 0 Å². The van der Waals surface area contributed by atoms with Gasteiger partial charge in [-0.3, -0.25) is 0 Å². The van der Waals surface area contributed by atoms with E-state index in [9.17, 15) is 5.11 Å². The Morgan fingerprint density at radius 1 is 1.45 bits per heavy atom. The van der Waals surface area contributed by atoms with Gasteiger partial charge in [0.05, 0.1) is 6.10 Å². The molecule has 1 saturated carbocycles. The standard InChI is InChI=1S/C10H18O/c1-2-3-4-5-10(11)8-9-6-7-9/h8,10-11H,2-7H2,1H3. The molecule has 0 spiro atoms. The van der Waals surface area contributed by atoms with Crippen LogP contribution in [-0.4, -0.2) is 11.2 Å². The van der Waals surface area contributed by atoms with Crippen LogP contribution in [0.5, 0.6) is 0 Å². The second-order valence-corrected chi connectivity index (χ2v) is 3.39. The molecule has 11 heavy (non-hydrogen) atoms. The summed E-state index contributed by atoms with van der Waals surface area (Å²) < 4.78 is 0. The minimum Gasteiger partial charge on any atom is -0.389 e. The molecule has 1 fully saturated rings. The molecule has 1 unspecified atom stereocenters. The van der Waals surface area contributed by atoms with Crippen molar-refractivity contribution in [1.82, 2.24) is 0 Å². The molecule has 64 valence electrons. The van der Waals surface area contributed by atoms with Crippen molar-refractivity contribution in [3.05, 3.63) is 11.6 Å². The van der Waals surface area contributed by atoms with E-state index in [1.54, 1.807) is 0 Å². The van der Waals surface area contributed by atoms with Gasteiger partial charge in [0.2, 0.25) is 0 Å². The van der Waals surface area contributed by atoms with Crippen molar-refractivity contribution in [3.63, 3.8) is 0 Å². The lowest BCUT2D eigenvalue weighted by molar-refractivity contribution is 0.208. The first-order chi connectivity index (χ1) is 5.33. The average Bonchev–Trinajstić information content (AvgIpc) is 2.72. The third-order valence-corrected chi connectivity index (χ3v) is 2.07. The Bertz CT molecular complexity index is 132. The Morgan fingerprint density at radius 3 is 2.73 bits per heavy atom. The van der Waals surface area contributed by atoms with Crippen LogP contribution in [0.1, 0.15) is 45.4 Å². The molecule has 1 rings (SSSR count). The fourth-order valence-electron chi connectivity index (χ4n) is 1.20. The van der Waals surface area contributed by atoms with Crippen molar-refractivity contribution in [1.29, 1.82) is 0 Å². The average molecular weight is 154 g/mol. The molecule has 0 heterocycles. The first-order valence-corrected chi connectivity index (χ1v) is 4.70. The van der Waals surface area contributed by atoms with Crippen molar-refractivity contribution >= 4 is 0 Å². The fourth-order valence-corrected chi connectivity index (χ4v) is 1.20. The predicted octanol–water partition coefficient (Wildman–Crippen LogP) is 2.65. The molecule has 0 bridgehead atoms. The van der Waals surface area contributed by atoms with E-state index in [-0.39, 0.29) is 6.10 Å². The number of aliphatic hydroxyl groups is 1. The van der Waals surface area contributed by atoms with E-state index < -0.39 is 0 Å². The van der Waals surface area contributed by atoms with Crippen LogP contribution < -0.4 is 0 Å². The summed E-state index contributed by atoms with van der Waals surface area (Å²) in [6, 6.07) is 0. The lowest BCUT2D eigenvalue weighted by atomic mass is 10.1. The molecular weight excluding hydrogens is 136 g/mol. The predicted molar refractivity (Wildman–Crippen MR) is 47.5 cm³/mol. The van der Waals surface area contributed by atoms with Gasteiger partial charge < -0.3 is 5.11 Å². The Balaban J connectivity index is 2.01. The van der Waals surface area contributed by atoms with E-state index in [0.29, 0.717) is 0 Å². The molecule has 1 aliphatic rings. The van der Waals surface area contributed by atoms with Crippen molar-refractivity contribution in [3.8, 4) is 0 Å². The van der Waals surface area contributed by atoms with Gasteiger partial charge in [-0.05, 0) is 19.3 Å². The first kappa shape index (κ1) is 8.79. The van der Waals surface area contributed by atoms with Gasteiger partial charge in [0.15, 0.2) is 0 Å². The molecule has 0 saturated heterocycles. The largest absolute Gasteiger partial charge is 0.389 e. The zero-order chi connectivity index (χ0) is 8.10. The van der Waals surface area contributed by atoms with Crippen LogP contribution in [0.2, 0.25) is 0 Å². The quantitative estimate of drug-likeness (QED) is 0.477. The topological polar surface area (TPSA) is 20.2 Å². The van der Waals surface area contributed by atoms with E-state index in [2.05, 4.69) is 6.92 Å². The van der Waals surface area contributed by atoms with Gasteiger partial charge in [-0.1, -0.05) is 37.8 Å². The summed E-state index contributed by atoms with van der Waals surface area (Å²) >= 11 is 0. The highest BCUT2D eigenvalue weighted by Crippen LogP contribution is 2.28. The number of hydrogen-bond acceptors (Lipinski definition) is 1. The van der Waals surface area contributed by atoms with Gasteiger partial charge in [0.1, 0.15) is 0 Å². The van der Waals surface area contributed by atoms with Gasteiger partial charge in [-0.2, -0.15) is 0 Å². The highest BCUT2D eigenvalue weighted by atomic mass is 16.3. The Labute approximate surface area is 69.1 Å². The molecule has 1 nitrogen and oxygen atoms in total. The van der Waals surface area contributed by atoms with Crippen LogP contribution in [0.4, 0.5) is 0 Å². The summed E-state index contributed by atoms with van der Waals surface area (Å²) in [5, 5.41) is 9.41. The Hall–Kier alpha value is -0.300. The van der Waals surface area contributed by atoms with Crippen LogP contribution in [0, 0.1) is 0 Å². The third-order valence-electron chi connectivity index (χ3n) is 2.07. The molecule has 0 aromatic heterocycles. The van der Waals surface area contributed by atoms with Gasteiger partial charge >= 0.3 is 0 Å². The number of rotatable bonds is 5. The van der Waals surface area contributed by atoms with Crippen LogP contribution in [-0.2, 0) is 0 Å². The molecule has 1 N–H and O–H groups in total. The Morgan fingerprint density at radius 2 is 2.18 bits per heavy atom. The van der Waals surface area contributed by atoms with Crippen molar-refractivity contribution in [2.45, 2.75) is 51.6 Å². The summed E-state index contributed by atoms with van der Waals surface area (Å²) in [6.07, 6.45) is 8.95. The minimum absolute atomic E-state index is 0.154. The van der Waals surface area contributed by atoms with E-state index in [0.717, 1.165) is 6.42 Å².